The summed E-state index contributed by atoms with van der Waals surface area (Å²) in [4.78, 5) is 17.0. The van der Waals surface area contributed by atoms with Gasteiger partial charge in [-0.25, -0.2) is 4.98 Å². The summed E-state index contributed by atoms with van der Waals surface area (Å²) >= 11 is 1.28. The quantitative estimate of drug-likeness (QED) is 0.206. The number of hydrogen-bond acceptors (Lipinski definition) is 7. The van der Waals surface area contributed by atoms with E-state index in [9.17, 15) is 9.90 Å². The summed E-state index contributed by atoms with van der Waals surface area (Å²) in [5, 5.41) is 29.6. The van der Waals surface area contributed by atoms with E-state index in [4.69, 9.17) is 0 Å². The second kappa shape index (κ2) is 9.14. The number of azo groups is 1. The van der Waals surface area contributed by atoms with E-state index in [0.717, 1.165) is 22.5 Å². The van der Waals surface area contributed by atoms with Crippen LogP contribution in [0.25, 0.3) is 22.5 Å². The number of nitrogens with one attached hydrogen (secondary N) is 2. The van der Waals surface area contributed by atoms with Crippen molar-refractivity contribution in [1.29, 1.82) is 0 Å². The molecular formula is C22H18N6O2S. The van der Waals surface area contributed by atoms with E-state index in [0.29, 0.717) is 5.13 Å². The lowest BCUT2D eigenvalue weighted by atomic mass is 10.2. The zero-order chi connectivity index (χ0) is 21.6. The maximum atomic E-state index is 12.6. The van der Waals surface area contributed by atoms with Crippen LogP contribution in [0.15, 0.2) is 93.8 Å². The lowest BCUT2D eigenvalue weighted by molar-refractivity contribution is -0.113. The second-order valence-electron chi connectivity index (χ2n) is 6.50. The maximum Gasteiger partial charge on any atom is 0.281 e. The van der Waals surface area contributed by atoms with Crippen LogP contribution in [0.1, 0.15) is 6.92 Å². The lowest BCUT2D eigenvalue weighted by Crippen LogP contribution is -2.14. The summed E-state index contributed by atoms with van der Waals surface area (Å²) in [6, 6.07) is 21.0. The third-order valence-electron chi connectivity index (χ3n) is 4.25. The molecule has 3 N–H and O–H groups in total. The molecule has 0 saturated carbocycles. The first-order chi connectivity index (χ1) is 15.1. The van der Waals surface area contributed by atoms with Gasteiger partial charge in [0, 0.05) is 17.0 Å². The molecule has 31 heavy (non-hydrogen) atoms. The van der Waals surface area contributed by atoms with E-state index in [1.165, 1.54) is 18.3 Å². The smallest absolute Gasteiger partial charge is 0.281 e. The van der Waals surface area contributed by atoms with E-state index in [1.807, 2.05) is 66.0 Å². The van der Waals surface area contributed by atoms with E-state index in [2.05, 4.69) is 30.7 Å². The van der Waals surface area contributed by atoms with Crippen molar-refractivity contribution in [2.75, 3.05) is 5.32 Å². The Hall–Kier alpha value is -4.11. The number of hydrogen-bond donors (Lipinski definition) is 3. The number of benzene rings is 2. The molecule has 8 nitrogen and oxygen atoms in total. The highest BCUT2D eigenvalue weighted by Gasteiger charge is 2.16. The van der Waals surface area contributed by atoms with Gasteiger partial charge in [-0.3, -0.25) is 15.2 Å². The zero-order valence-corrected chi connectivity index (χ0v) is 17.3. The molecule has 1 amide bonds. The molecule has 0 spiro atoms. The molecule has 0 radical (unpaired) electrons. The van der Waals surface area contributed by atoms with Crippen molar-refractivity contribution in [3.05, 3.63) is 83.6 Å². The summed E-state index contributed by atoms with van der Waals surface area (Å²) in [6.45, 7) is 1.37. The number of allylic oxidation sites excluding steroid dienone is 1. The van der Waals surface area contributed by atoms with Gasteiger partial charge in [-0.15, -0.1) is 21.6 Å². The molecule has 4 rings (SSSR count). The normalized spacial score (nSPS) is 12.0. The van der Waals surface area contributed by atoms with Crippen molar-refractivity contribution in [2.24, 2.45) is 10.2 Å². The largest absolute Gasteiger partial charge is 0.510 e. The number of aromatic nitrogens is 3. The summed E-state index contributed by atoms with van der Waals surface area (Å²) in [5.41, 5.74) is 3.18. The van der Waals surface area contributed by atoms with Crippen LogP contribution < -0.4 is 5.32 Å². The average Bonchev–Trinajstić information content (AvgIpc) is 3.45. The number of aromatic amines is 1. The Morgan fingerprint density at radius 3 is 2.42 bits per heavy atom. The van der Waals surface area contributed by atoms with Crippen molar-refractivity contribution >= 4 is 28.2 Å². The summed E-state index contributed by atoms with van der Waals surface area (Å²) in [6.07, 6.45) is 0. The van der Waals surface area contributed by atoms with Crippen molar-refractivity contribution in [2.45, 2.75) is 6.92 Å². The maximum absolute atomic E-state index is 12.6. The molecule has 4 aromatic rings. The molecule has 2 aromatic carbocycles. The number of aliphatic hydroxyl groups is 1. The molecule has 154 valence electrons. The standard InChI is InChI=1S/C22H18N6O2S/c1-14(29)20(28-27-19-12-17(25-26-19)15-8-4-2-5-9-15)21(30)24-22-23-18(13-31-22)16-10-6-3-7-11-16/h2-13,29H,1H3,(H,25,26)(H,23,24,30)/b20-14-,28-27?. The van der Waals surface area contributed by atoms with Gasteiger partial charge in [0.2, 0.25) is 0 Å². The number of carbonyl (C=O) groups is 1. The molecular weight excluding hydrogens is 412 g/mol. The Kier molecular flexibility index (Phi) is 5.95. The number of H-pyrrole nitrogens is 1. The Labute approximate surface area is 182 Å². The minimum absolute atomic E-state index is 0.222. The van der Waals surface area contributed by atoms with Gasteiger partial charge in [0.05, 0.1) is 11.4 Å². The van der Waals surface area contributed by atoms with Gasteiger partial charge in [0.25, 0.3) is 5.91 Å². The number of anilines is 1. The van der Waals surface area contributed by atoms with Crippen LogP contribution in [0.3, 0.4) is 0 Å². The van der Waals surface area contributed by atoms with Crippen LogP contribution in [0, 0.1) is 0 Å². The number of rotatable bonds is 6. The van der Waals surface area contributed by atoms with Crippen LogP contribution in [-0.4, -0.2) is 26.2 Å². The van der Waals surface area contributed by atoms with Gasteiger partial charge in [-0.1, -0.05) is 60.7 Å². The first-order valence-corrected chi connectivity index (χ1v) is 10.2. The molecule has 2 heterocycles. The molecule has 0 aliphatic carbocycles. The Bertz CT molecular complexity index is 1240. The molecule has 0 fully saturated rings. The third kappa shape index (κ3) is 4.90. The highest BCUT2D eigenvalue weighted by molar-refractivity contribution is 7.14. The first kappa shape index (κ1) is 20.2. The summed E-state index contributed by atoms with van der Waals surface area (Å²) < 4.78 is 0. The van der Waals surface area contributed by atoms with Gasteiger partial charge in [0.1, 0.15) is 5.76 Å². The Morgan fingerprint density at radius 2 is 1.74 bits per heavy atom. The Balaban J connectivity index is 1.47. The van der Waals surface area contributed by atoms with E-state index in [-0.39, 0.29) is 17.3 Å². The van der Waals surface area contributed by atoms with Gasteiger partial charge in [-0.05, 0) is 12.5 Å². The molecule has 0 aliphatic heterocycles. The zero-order valence-electron chi connectivity index (χ0n) is 16.5. The average molecular weight is 430 g/mol. The number of amides is 1. The van der Waals surface area contributed by atoms with Crippen molar-refractivity contribution in [1.82, 2.24) is 15.2 Å². The predicted octanol–water partition coefficient (Wildman–Crippen LogP) is 5.71. The van der Waals surface area contributed by atoms with Crippen LogP contribution in [0.4, 0.5) is 10.9 Å². The van der Waals surface area contributed by atoms with E-state index < -0.39 is 5.91 Å². The fraction of sp³-hybridized carbons (Fsp3) is 0.0455. The second-order valence-corrected chi connectivity index (χ2v) is 7.36. The number of thiazole rings is 1. The van der Waals surface area contributed by atoms with Crippen LogP contribution >= 0.6 is 11.3 Å². The van der Waals surface area contributed by atoms with Gasteiger partial charge < -0.3 is 5.11 Å². The van der Waals surface area contributed by atoms with Gasteiger partial charge >= 0.3 is 0 Å². The van der Waals surface area contributed by atoms with Crippen LogP contribution in [0.5, 0.6) is 0 Å². The van der Waals surface area contributed by atoms with Crippen LogP contribution in [0.2, 0.25) is 0 Å². The molecule has 0 saturated heterocycles. The van der Waals surface area contributed by atoms with Gasteiger partial charge in [0.15, 0.2) is 16.6 Å². The fourth-order valence-electron chi connectivity index (χ4n) is 2.74. The number of carbonyl (C=O) groups excluding carboxylic acids is 1. The van der Waals surface area contributed by atoms with Crippen molar-refractivity contribution in [3.63, 3.8) is 0 Å². The monoisotopic (exact) mass is 430 g/mol. The summed E-state index contributed by atoms with van der Waals surface area (Å²) in [5.74, 6) is -0.595. The van der Waals surface area contributed by atoms with E-state index in [1.54, 1.807) is 6.07 Å². The predicted molar refractivity (Wildman–Crippen MR) is 120 cm³/mol. The fourth-order valence-corrected chi connectivity index (χ4v) is 3.45. The minimum atomic E-state index is -0.614. The molecule has 9 heteroatoms. The SMILES string of the molecule is C/C(O)=C(/N=Nc1cc(-c2ccccc2)[nH]n1)C(=O)Nc1nc(-c2ccccc2)cs1. The highest BCUT2D eigenvalue weighted by atomic mass is 32.1. The van der Waals surface area contributed by atoms with Gasteiger partial charge in [-0.2, -0.15) is 5.10 Å². The first-order valence-electron chi connectivity index (χ1n) is 9.35. The van der Waals surface area contributed by atoms with Crippen molar-refractivity contribution < 1.29 is 9.90 Å². The molecule has 0 aliphatic rings. The van der Waals surface area contributed by atoms with Crippen molar-refractivity contribution in [3.8, 4) is 22.5 Å². The molecule has 0 bridgehead atoms. The molecule has 2 aromatic heterocycles. The number of nitrogens with zero attached hydrogens (tertiary/aromatic N) is 4. The van der Waals surface area contributed by atoms with E-state index >= 15 is 0 Å². The third-order valence-corrected chi connectivity index (χ3v) is 5.01. The molecule has 0 unspecified atom stereocenters. The summed E-state index contributed by atoms with van der Waals surface area (Å²) in [7, 11) is 0. The van der Waals surface area contributed by atoms with Crippen LogP contribution in [-0.2, 0) is 4.79 Å². The molecule has 0 atom stereocenters. The number of aliphatic hydroxyl groups excluding tert-OH is 1. The minimum Gasteiger partial charge on any atom is -0.510 e. The Morgan fingerprint density at radius 1 is 1.06 bits per heavy atom. The highest BCUT2D eigenvalue weighted by Crippen LogP contribution is 2.26. The topological polar surface area (TPSA) is 116 Å². The lowest BCUT2D eigenvalue weighted by Gasteiger charge is -2.02.